The number of carbonyl (C=O) groups is 1. The van der Waals surface area contributed by atoms with Gasteiger partial charge in [0.2, 0.25) is 5.91 Å². The third kappa shape index (κ3) is 6.48. The molecule has 2 rings (SSSR count). The maximum atomic E-state index is 12.2. The van der Waals surface area contributed by atoms with Crippen LogP contribution in [0.15, 0.2) is 22.7 Å². The Kier molecular flexibility index (Phi) is 9.76. The van der Waals surface area contributed by atoms with E-state index in [1.165, 1.54) is 0 Å². The van der Waals surface area contributed by atoms with E-state index in [2.05, 4.69) is 40.8 Å². The summed E-state index contributed by atoms with van der Waals surface area (Å²) in [4.78, 5) is 18.6. The van der Waals surface area contributed by atoms with Crippen LogP contribution in [-0.2, 0) is 11.2 Å². The number of amides is 1. The van der Waals surface area contributed by atoms with Crippen LogP contribution in [0.2, 0.25) is 0 Å². The monoisotopic (exact) mass is 455 g/mol. The summed E-state index contributed by atoms with van der Waals surface area (Å²) < 4.78 is 2.18. The molecule has 1 aromatic carbocycles. The van der Waals surface area contributed by atoms with Gasteiger partial charge in [0.25, 0.3) is 0 Å². The first-order valence-electron chi connectivity index (χ1n) is 7.30. The number of benzene rings is 1. The number of nitrogens with zero attached hydrogens (tertiary/aromatic N) is 2. The molecule has 0 aliphatic heterocycles. The predicted molar refractivity (Wildman–Crippen MR) is 111 cm³/mol. The number of nitrogens with two attached hydrogens (primary N) is 1. The molecule has 0 bridgehead atoms. The van der Waals surface area contributed by atoms with Crippen LogP contribution in [0.3, 0.4) is 0 Å². The molecule has 136 valence electrons. The van der Waals surface area contributed by atoms with Crippen molar-refractivity contribution in [3.63, 3.8) is 0 Å². The van der Waals surface area contributed by atoms with Crippen molar-refractivity contribution in [2.45, 2.75) is 26.7 Å². The van der Waals surface area contributed by atoms with Crippen LogP contribution in [-0.4, -0.2) is 35.9 Å². The van der Waals surface area contributed by atoms with Crippen molar-refractivity contribution in [3.05, 3.63) is 27.7 Å². The third-order valence-electron chi connectivity index (χ3n) is 3.59. The van der Waals surface area contributed by atoms with Crippen LogP contribution < -0.4 is 5.73 Å². The number of fused-ring (bicyclic) bond motifs is 1. The van der Waals surface area contributed by atoms with Gasteiger partial charge in [-0.2, -0.15) is 0 Å². The molecule has 2 aromatic rings. The van der Waals surface area contributed by atoms with Gasteiger partial charge in [-0.3, -0.25) is 4.79 Å². The van der Waals surface area contributed by atoms with E-state index in [9.17, 15) is 4.79 Å². The molecular weight excluding hydrogens is 433 g/mol. The van der Waals surface area contributed by atoms with Gasteiger partial charge in [0.15, 0.2) is 0 Å². The van der Waals surface area contributed by atoms with Crippen LogP contribution in [0.5, 0.6) is 0 Å². The maximum Gasteiger partial charge on any atom is 0.222 e. The third-order valence-corrected chi connectivity index (χ3v) is 5.18. The van der Waals surface area contributed by atoms with Crippen LogP contribution >= 0.6 is 52.1 Å². The van der Waals surface area contributed by atoms with Gasteiger partial charge in [-0.1, -0.05) is 29.8 Å². The Bertz CT molecular complexity index is 678. The molecule has 0 saturated carbocycles. The van der Waals surface area contributed by atoms with Gasteiger partial charge >= 0.3 is 0 Å². The van der Waals surface area contributed by atoms with E-state index in [1.54, 1.807) is 16.2 Å². The molecule has 1 heterocycles. The van der Waals surface area contributed by atoms with Gasteiger partial charge in [0.05, 0.1) is 15.2 Å². The van der Waals surface area contributed by atoms with Gasteiger partial charge in [0, 0.05) is 30.9 Å². The first-order chi connectivity index (χ1) is 10.3. The largest absolute Gasteiger partial charge is 0.345 e. The Morgan fingerprint density at radius 1 is 1.38 bits per heavy atom. The predicted octanol–water partition coefficient (Wildman–Crippen LogP) is 4.28. The number of aromatic nitrogens is 1. The molecule has 0 aliphatic rings. The fourth-order valence-corrected chi connectivity index (χ4v) is 3.55. The molecule has 0 saturated heterocycles. The van der Waals surface area contributed by atoms with Gasteiger partial charge in [0.1, 0.15) is 0 Å². The van der Waals surface area contributed by atoms with Crippen molar-refractivity contribution < 1.29 is 4.79 Å². The molecule has 0 unspecified atom stereocenters. The molecule has 4 nitrogen and oxygen atoms in total. The topological polar surface area (TPSA) is 59.2 Å². The Balaban J connectivity index is 0.00000264. The minimum absolute atomic E-state index is 0. The molecule has 1 amide bonds. The van der Waals surface area contributed by atoms with E-state index in [0.717, 1.165) is 19.7 Å². The summed E-state index contributed by atoms with van der Waals surface area (Å²) in [6.07, 6.45) is 1.17. The minimum Gasteiger partial charge on any atom is -0.345 e. The van der Waals surface area contributed by atoms with E-state index in [-0.39, 0.29) is 36.1 Å². The zero-order valence-electron chi connectivity index (χ0n) is 14.0. The minimum atomic E-state index is -0.0491. The normalized spacial score (nSPS) is 10.9. The summed E-state index contributed by atoms with van der Waals surface area (Å²) in [6, 6.07) is 6.07. The number of carbonyl (C=O) groups excluding carboxylic acids is 1. The Morgan fingerprint density at radius 3 is 2.67 bits per heavy atom. The fraction of sp³-hybridized carbons (Fsp3) is 0.500. The number of hydrogen-bond donors (Lipinski definition) is 1. The molecule has 1 aromatic heterocycles. The van der Waals surface area contributed by atoms with E-state index in [0.29, 0.717) is 25.9 Å². The molecule has 2 N–H and O–H groups in total. The molecule has 24 heavy (non-hydrogen) atoms. The second kappa shape index (κ2) is 9.92. The van der Waals surface area contributed by atoms with E-state index in [4.69, 9.17) is 5.73 Å². The highest BCUT2D eigenvalue weighted by molar-refractivity contribution is 9.10. The molecule has 0 spiro atoms. The Morgan fingerprint density at radius 2 is 2.04 bits per heavy atom. The summed E-state index contributed by atoms with van der Waals surface area (Å²) in [5.74, 6) is 0.141. The van der Waals surface area contributed by atoms with Gasteiger partial charge in [-0.05, 0) is 30.2 Å². The zero-order valence-corrected chi connectivity index (χ0v) is 18.1. The lowest BCUT2D eigenvalue weighted by molar-refractivity contribution is -0.131. The smallest absolute Gasteiger partial charge is 0.222 e. The highest BCUT2D eigenvalue weighted by Gasteiger charge is 2.21. The lowest BCUT2D eigenvalue weighted by Gasteiger charge is -2.29. The molecule has 0 radical (unpaired) electrons. The highest BCUT2D eigenvalue weighted by Crippen LogP contribution is 2.26. The van der Waals surface area contributed by atoms with Crippen molar-refractivity contribution in [2.75, 3.05) is 20.1 Å². The van der Waals surface area contributed by atoms with Crippen LogP contribution in [0.4, 0.5) is 0 Å². The van der Waals surface area contributed by atoms with Gasteiger partial charge in [-0.15, -0.1) is 36.2 Å². The van der Waals surface area contributed by atoms with Crippen molar-refractivity contribution in [1.82, 2.24) is 9.88 Å². The number of rotatable bonds is 6. The van der Waals surface area contributed by atoms with E-state index in [1.807, 2.05) is 19.2 Å². The van der Waals surface area contributed by atoms with Crippen molar-refractivity contribution in [3.8, 4) is 0 Å². The summed E-state index contributed by atoms with van der Waals surface area (Å²) in [5.41, 5.74) is 6.66. The van der Waals surface area contributed by atoms with Crippen LogP contribution in [0, 0.1) is 5.41 Å². The quantitative estimate of drug-likeness (QED) is 0.705. The van der Waals surface area contributed by atoms with E-state index < -0.39 is 0 Å². The Labute approximate surface area is 168 Å². The Hall–Kier alpha value is -0.400. The van der Waals surface area contributed by atoms with Crippen molar-refractivity contribution in [1.29, 1.82) is 0 Å². The molecule has 8 heteroatoms. The molecule has 0 fully saturated rings. The number of halogens is 3. The summed E-state index contributed by atoms with van der Waals surface area (Å²) in [7, 11) is 1.84. The lowest BCUT2D eigenvalue weighted by atomic mass is 9.93. The van der Waals surface area contributed by atoms with Gasteiger partial charge in [-0.25, -0.2) is 4.98 Å². The summed E-state index contributed by atoms with van der Waals surface area (Å²) in [6.45, 7) is 5.39. The summed E-state index contributed by atoms with van der Waals surface area (Å²) in [5, 5.41) is 1.01. The summed E-state index contributed by atoms with van der Waals surface area (Å²) >= 11 is 5.11. The molecule has 0 atom stereocenters. The first-order valence-corrected chi connectivity index (χ1v) is 8.91. The lowest BCUT2D eigenvalue weighted by Crippen LogP contribution is -2.39. The number of hydrogen-bond acceptors (Lipinski definition) is 4. The molecule has 0 aliphatic carbocycles. The fourth-order valence-electron chi connectivity index (χ4n) is 2.25. The zero-order chi connectivity index (χ0) is 16.3. The first kappa shape index (κ1) is 23.6. The maximum absolute atomic E-state index is 12.2. The molecular formula is C16H24BrCl2N3OS. The number of thiazole rings is 1. The highest BCUT2D eigenvalue weighted by atomic mass is 79.9. The van der Waals surface area contributed by atoms with Crippen molar-refractivity contribution in [2.24, 2.45) is 11.1 Å². The standard InChI is InChI=1S/C16H22BrN3OS.2ClH/c1-16(2,9-18)10-20(3)15(21)7-6-14-19-12-8-11(17)4-5-13(12)22-14;;/h4-5,8H,6-7,9-10,18H2,1-3H3;2*1H. The second-order valence-electron chi connectivity index (χ2n) is 6.34. The second-order valence-corrected chi connectivity index (χ2v) is 8.37. The van der Waals surface area contributed by atoms with Crippen LogP contribution in [0.25, 0.3) is 10.2 Å². The van der Waals surface area contributed by atoms with Crippen LogP contribution in [0.1, 0.15) is 25.3 Å². The van der Waals surface area contributed by atoms with E-state index >= 15 is 0 Å². The average molecular weight is 457 g/mol. The van der Waals surface area contributed by atoms with Crippen molar-refractivity contribution >= 4 is 68.2 Å². The van der Waals surface area contributed by atoms with Gasteiger partial charge < -0.3 is 10.6 Å². The number of aryl methyl sites for hydroxylation is 1. The average Bonchev–Trinajstić information content (AvgIpc) is 2.86. The SMILES string of the molecule is CN(CC(C)(C)CN)C(=O)CCc1nc2cc(Br)ccc2s1.Cl.Cl.